The highest BCUT2D eigenvalue weighted by atomic mass is 35.5. The van der Waals surface area contributed by atoms with Crippen molar-refractivity contribution < 1.29 is 4.74 Å². The smallest absolute Gasteiger partial charge is 0.215 e. The van der Waals surface area contributed by atoms with Crippen LogP contribution < -0.4 is 4.74 Å². The van der Waals surface area contributed by atoms with E-state index < -0.39 is 0 Å². The number of aromatic nitrogens is 4. The van der Waals surface area contributed by atoms with E-state index in [2.05, 4.69) is 15.0 Å². The largest absolute Gasteiger partial charge is 0.481 e. The van der Waals surface area contributed by atoms with E-state index in [1.165, 1.54) is 0 Å². The molecule has 0 aliphatic rings. The van der Waals surface area contributed by atoms with Crippen LogP contribution in [0.3, 0.4) is 0 Å². The van der Waals surface area contributed by atoms with Gasteiger partial charge in [0.05, 0.1) is 29.7 Å². The predicted molar refractivity (Wildman–Crippen MR) is 84.3 cm³/mol. The lowest BCUT2D eigenvalue weighted by Crippen LogP contribution is -2.07. The third-order valence-electron chi connectivity index (χ3n) is 3.15. The van der Waals surface area contributed by atoms with E-state index in [4.69, 9.17) is 16.3 Å². The number of halogens is 1. The molecule has 3 aromatic heterocycles. The van der Waals surface area contributed by atoms with Crippen LogP contribution in [0.25, 0.3) is 11.2 Å². The van der Waals surface area contributed by atoms with Gasteiger partial charge in [0.25, 0.3) is 0 Å². The quantitative estimate of drug-likeness (QED) is 0.689. The number of imidazole rings is 1. The first kappa shape index (κ1) is 14.3. The molecular weight excluding hydrogens is 308 g/mol. The van der Waals surface area contributed by atoms with Crippen molar-refractivity contribution in [3.63, 3.8) is 0 Å². The zero-order valence-electron chi connectivity index (χ0n) is 12.0. The number of nitrogens with zero attached hydrogens (tertiary/aromatic N) is 4. The van der Waals surface area contributed by atoms with Gasteiger partial charge in [-0.3, -0.25) is 0 Å². The fourth-order valence-corrected chi connectivity index (χ4v) is 2.99. The summed E-state index contributed by atoms with van der Waals surface area (Å²) in [4.78, 5) is 13.6. The molecule has 0 saturated carbocycles. The number of rotatable bonds is 4. The summed E-state index contributed by atoms with van der Waals surface area (Å²) >= 11 is 7.90. The van der Waals surface area contributed by atoms with E-state index in [1.54, 1.807) is 24.5 Å². The number of pyridine rings is 1. The fourth-order valence-electron chi connectivity index (χ4n) is 2.22. The number of methoxy groups -OCH3 is 1. The van der Waals surface area contributed by atoms with Crippen LogP contribution in [0.5, 0.6) is 5.88 Å². The van der Waals surface area contributed by atoms with Gasteiger partial charge in [-0.2, -0.15) is 4.98 Å². The van der Waals surface area contributed by atoms with Crippen LogP contribution in [-0.4, -0.2) is 26.6 Å². The first-order valence-electron chi connectivity index (χ1n) is 6.54. The summed E-state index contributed by atoms with van der Waals surface area (Å²) in [5.41, 5.74) is 2.56. The third kappa shape index (κ3) is 2.73. The van der Waals surface area contributed by atoms with E-state index >= 15 is 0 Å². The van der Waals surface area contributed by atoms with Crippen LogP contribution in [0.15, 0.2) is 17.5 Å². The van der Waals surface area contributed by atoms with Crippen molar-refractivity contribution in [2.75, 3.05) is 7.11 Å². The molecule has 1 atom stereocenters. The summed E-state index contributed by atoms with van der Waals surface area (Å²) in [7, 11) is 1.60. The molecule has 7 heteroatoms. The predicted octanol–water partition coefficient (Wildman–Crippen LogP) is 3.55. The lowest BCUT2D eigenvalue weighted by Gasteiger charge is -2.08. The molecule has 0 aliphatic carbocycles. The first-order chi connectivity index (χ1) is 10.1. The normalized spacial score (nSPS) is 12.8. The van der Waals surface area contributed by atoms with Crippen LogP contribution in [0, 0.1) is 6.92 Å². The summed E-state index contributed by atoms with van der Waals surface area (Å²) in [6.07, 6.45) is 0. The van der Waals surface area contributed by atoms with Gasteiger partial charge in [0.15, 0.2) is 5.65 Å². The SMILES string of the molecule is COc1ccc2nc(C(C)Cl)n(Cc3csc(C)n3)c2n1. The molecule has 0 aliphatic heterocycles. The Balaban J connectivity index is 2.14. The van der Waals surface area contributed by atoms with E-state index in [-0.39, 0.29) is 5.38 Å². The molecule has 3 rings (SSSR count). The van der Waals surface area contributed by atoms with Gasteiger partial charge in [0.2, 0.25) is 5.88 Å². The average molecular weight is 323 g/mol. The second-order valence-electron chi connectivity index (χ2n) is 4.73. The number of alkyl halides is 1. The molecule has 0 fully saturated rings. The van der Waals surface area contributed by atoms with E-state index in [1.807, 2.05) is 29.9 Å². The maximum absolute atomic E-state index is 6.26. The molecule has 0 N–H and O–H groups in total. The van der Waals surface area contributed by atoms with Crippen molar-refractivity contribution in [3.8, 4) is 5.88 Å². The topological polar surface area (TPSA) is 52.8 Å². The van der Waals surface area contributed by atoms with Crippen LogP contribution in [0.1, 0.15) is 28.8 Å². The Bertz CT molecular complexity index is 780. The Labute approximate surface area is 131 Å². The maximum atomic E-state index is 6.26. The van der Waals surface area contributed by atoms with Crippen LogP contribution in [-0.2, 0) is 6.54 Å². The standard InChI is InChI=1S/C14H15ClN4OS/c1-8(15)13-17-11-4-5-12(20-3)18-14(11)19(13)6-10-7-21-9(2)16-10/h4-5,7-8H,6H2,1-3H3. The molecule has 1 unspecified atom stereocenters. The van der Waals surface area contributed by atoms with Gasteiger partial charge < -0.3 is 9.30 Å². The van der Waals surface area contributed by atoms with Crippen molar-refractivity contribution >= 4 is 34.1 Å². The lowest BCUT2D eigenvalue weighted by atomic mass is 10.4. The molecule has 110 valence electrons. The monoisotopic (exact) mass is 322 g/mol. The summed E-state index contributed by atoms with van der Waals surface area (Å²) < 4.78 is 7.21. The van der Waals surface area contributed by atoms with E-state index in [0.717, 1.165) is 27.7 Å². The van der Waals surface area contributed by atoms with Gasteiger partial charge in [-0.15, -0.1) is 22.9 Å². The van der Waals surface area contributed by atoms with Gasteiger partial charge in [0, 0.05) is 11.4 Å². The van der Waals surface area contributed by atoms with E-state index in [0.29, 0.717) is 12.4 Å². The minimum absolute atomic E-state index is 0.204. The highest BCUT2D eigenvalue weighted by Crippen LogP contribution is 2.26. The summed E-state index contributed by atoms with van der Waals surface area (Å²) in [6.45, 7) is 4.50. The summed E-state index contributed by atoms with van der Waals surface area (Å²) in [6, 6.07) is 3.70. The number of thiazole rings is 1. The third-order valence-corrected chi connectivity index (χ3v) is 4.17. The zero-order chi connectivity index (χ0) is 15.0. The molecule has 0 spiro atoms. The highest BCUT2D eigenvalue weighted by molar-refractivity contribution is 7.09. The number of hydrogen-bond donors (Lipinski definition) is 0. The molecule has 0 radical (unpaired) electrons. The zero-order valence-corrected chi connectivity index (χ0v) is 13.6. The fraction of sp³-hybridized carbons (Fsp3) is 0.357. The Kier molecular flexibility index (Phi) is 3.82. The summed E-state index contributed by atoms with van der Waals surface area (Å²) in [5.74, 6) is 1.35. The molecule has 0 saturated heterocycles. The minimum Gasteiger partial charge on any atom is -0.481 e. The molecular formula is C14H15ClN4OS. The molecule has 0 aromatic carbocycles. The first-order valence-corrected chi connectivity index (χ1v) is 7.86. The van der Waals surface area contributed by atoms with Crippen LogP contribution >= 0.6 is 22.9 Å². The lowest BCUT2D eigenvalue weighted by molar-refractivity contribution is 0.399. The Hall–Kier alpha value is -1.66. The van der Waals surface area contributed by atoms with Gasteiger partial charge in [-0.1, -0.05) is 0 Å². The van der Waals surface area contributed by atoms with Crippen molar-refractivity contribution in [2.24, 2.45) is 0 Å². The van der Waals surface area contributed by atoms with Crippen LogP contribution in [0.2, 0.25) is 0 Å². The molecule has 5 nitrogen and oxygen atoms in total. The Morgan fingerprint density at radius 2 is 2.14 bits per heavy atom. The van der Waals surface area contributed by atoms with Gasteiger partial charge >= 0.3 is 0 Å². The van der Waals surface area contributed by atoms with Crippen molar-refractivity contribution in [1.82, 2.24) is 19.5 Å². The van der Waals surface area contributed by atoms with E-state index in [9.17, 15) is 0 Å². The van der Waals surface area contributed by atoms with Crippen molar-refractivity contribution in [2.45, 2.75) is 25.8 Å². The number of ether oxygens (including phenoxy) is 1. The molecule has 3 heterocycles. The average Bonchev–Trinajstić information content (AvgIpc) is 3.03. The van der Waals surface area contributed by atoms with Gasteiger partial charge in [-0.05, 0) is 19.9 Å². The van der Waals surface area contributed by atoms with Crippen LogP contribution in [0.4, 0.5) is 0 Å². The van der Waals surface area contributed by atoms with Gasteiger partial charge in [0.1, 0.15) is 11.3 Å². The van der Waals surface area contributed by atoms with Gasteiger partial charge in [-0.25, -0.2) is 9.97 Å². The number of fused-ring (bicyclic) bond motifs is 1. The van der Waals surface area contributed by atoms with Crippen molar-refractivity contribution in [1.29, 1.82) is 0 Å². The molecule has 3 aromatic rings. The minimum atomic E-state index is -0.204. The highest BCUT2D eigenvalue weighted by Gasteiger charge is 2.17. The Morgan fingerprint density at radius 3 is 2.76 bits per heavy atom. The number of aryl methyl sites for hydroxylation is 1. The molecule has 21 heavy (non-hydrogen) atoms. The molecule has 0 amide bonds. The second-order valence-corrected chi connectivity index (χ2v) is 6.44. The second kappa shape index (κ2) is 5.61. The summed E-state index contributed by atoms with van der Waals surface area (Å²) in [5, 5.41) is 2.88. The molecule has 0 bridgehead atoms. The Morgan fingerprint density at radius 1 is 1.33 bits per heavy atom. The van der Waals surface area contributed by atoms with Crippen molar-refractivity contribution in [3.05, 3.63) is 34.0 Å². The maximum Gasteiger partial charge on any atom is 0.215 e. The number of hydrogen-bond acceptors (Lipinski definition) is 5.